The zero-order valence-corrected chi connectivity index (χ0v) is 12.8. The first kappa shape index (κ1) is 14.5. The molecule has 2 rings (SSSR count). The number of hydrogen-bond acceptors (Lipinski definition) is 3. The van der Waals surface area contributed by atoms with Gasteiger partial charge >= 0.3 is 5.97 Å². The lowest BCUT2D eigenvalue weighted by Gasteiger charge is -2.31. The molecule has 0 amide bonds. The quantitative estimate of drug-likeness (QED) is 0.919. The van der Waals surface area contributed by atoms with E-state index >= 15 is 0 Å². The van der Waals surface area contributed by atoms with Crippen LogP contribution in [0.5, 0.6) is 0 Å². The average molecular weight is 281 g/mol. The van der Waals surface area contributed by atoms with Crippen LogP contribution in [0.15, 0.2) is 12.1 Å². The van der Waals surface area contributed by atoms with Crippen molar-refractivity contribution in [2.45, 2.75) is 51.5 Å². The van der Waals surface area contributed by atoms with Gasteiger partial charge in [-0.25, -0.2) is 0 Å². The second-order valence-corrected chi connectivity index (χ2v) is 7.40. The Kier molecular flexibility index (Phi) is 4.31. The highest BCUT2D eigenvalue weighted by atomic mass is 32.1. The molecule has 0 spiro atoms. The first-order valence-electron chi connectivity index (χ1n) is 6.96. The van der Waals surface area contributed by atoms with Crippen molar-refractivity contribution in [1.29, 1.82) is 0 Å². The van der Waals surface area contributed by atoms with Crippen molar-refractivity contribution < 1.29 is 9.90 Å². The van der Waals surface area contributed by atoms with E-state index < -0.39 is 12.0 Å². The number of carboxylic acids is 1. The predicted molar refractivity (Wildman–Crippen MR) is 78.8 cm³/mol. The van der Waals surface area contributed by atoms with Crippen molar-refractivity contribution in [2.75, 3.05) is 13.1 Å². The Morgan fingerprint density at radius 2 is 1.89 bits per heavy atom. The van der Waals surface area contributed by atoms with Crippen LogP contribution in [-0.4, -0.2) is 29.1 Å². The maximum atomic E-state index is 11.6. The van der Waals surface area contributed by atoms with E-state index in [1.165, 1.54) is 11.3 Å². The lowest BCUT2D eigenvalue weighted by atomic mass is 9.95. The van der Waals surface area contributed by atoms with Crippen molar-refractivity contribution in [3.63, 3.8) is 0 Å². The number of likely N-dealkylation sites (tertiary alicyclic amines) is 1. The minimum absolute atomic E-state index is 0.0911. The van der Waals surface area contributed by atoms with E-state index in [0.29, 0.717) is 0 Å². The molecule has 0 aromatic carbocycles. The molecule has 0 saturated carbocycles. The molecular formula is C15H23NO2S. The summed E-state index contributed by atoms with van der Waals surface area (Å²) in [5.41, 5.74) is 0.0911. The fourth-order valence-electron chi connectivity index (χ4n) is 2.54. The second-order valence-electron chi connectivity index (χ2n) is 6.29. The first-order valence-corrected chi connectivity index (χ1v) is 7.78. The third-order valence-electron chi connectivity index (χ3n) is 3.63. The molecule has 106 valence electrons. The third-order valence-corrected chi connectivity index (χ3v) is 5.19. The molecule has 1 atom stereocenters. The molecule has 0 aliphatic carbocycles. The maximum Gasteiger partial charge on any atom is 0.326 e. The van der Waals surface area contributed by atoms with Gasteiger partial charge in [0.1, 0.15) is 6.04 Å². The highest BCUT2D eigenvalue weighted by molar-refractivity contribution is 7.12. The van der Waals surface area contributed by atoms with Crippen LogP contribution in [0.3, 0.4) is 0 Å². The Bertz CT molecular complexity index is 441. The van der Waals surface area contributed by atoms with Crippen LogP contribution in [0.4, 0.5) is 0 Å². The van der Waals surface area contributed by atoms with Crippen molar-refractivity contribution in [3.05, 3.63) is 21.9 Å². The monoisotopic (exact) mass is 281 g/mol. The number of hydrogen-bond donors (Lipinski definition) is 1. The van der Waals surface area contributed by atoms with E-state index in [-0.39, 0.29) is 5.41 Å². The molecule has 19 heavy (non-hydrogen) atoms. The van der Waals surface area contributed by atoms with E-state index in [1.54, 1.807) is 11.3 Å². The van der Waals surface area contributed by atoms with Gasteiger partial charge in [-0.2, -0.15) is 0 Å². The highest BCUT2D eigenvalue weighted by Crippen LogP contribution is 2.35. The van der Waals surface area contributed by atoms with E-state index in [2.05, 4.69) is 31.7 Å². The van der Waals surface area contributed by atoms with Gasteiger partial charge in [-0.1, -0.05) is 27.2 Å². The Morgan fingerprint density at radius 3 is 2.37 bits per heavy atom. The van der Waals surface area contributed by atoms with Crippen LogP contribution in [0.2, 0.25) is 0 Å². The lowest BCUT2D eigenvalue weighted by Crippen LogP contribution is -2.37. The van der Waals surface area contributed by atoms with Crippen molar-refractivity contribution >= 4 is 17.3 Å². The highest BCUT2D eigenvalue weighted by Gasteiger charge is 2.30. The Labute approximate surface area is 119 Å². The van der Waals surface area contributed by atoms with Crippen LogP contribution >= 0.6 is 11.3 Å². The van der Waals surface area contributed by atoms with Gasteiger partial charge in [0, 0.05) is 9.75 Å². The molecule has 3 nitrogen and oxygen atoms in total. The van der Waals surface area contributed by atoms with E-state index in [0.717, 1.165) is 30.8 Å². The maximum absolute atomic E-state index is 11.6. The van der Waals surface area contributed by atoms with E-state index in [4.69, 9.17) is 0 Å². The largest absolute Gasteiger partial charge is 0.480 e. The van der Waals surface area contributed by atoms with Crippen LogP contribution < -0.4 is 0 Å². The molecule has 2 heterocycles. The number of aliphatic carboxylic acids is 1. The minimum Gasteiger partial charge on any atom is -0.480 e. The molecule has 1 aliphatic rings. The minimum atomic E-state index is -0.718. The summed E-state index contributed by atoms with van der Waals surface area (Å²) >= 11 is 1.65. The van der Waals surface area contributed by atoms with Gasteiger partial charge in [0.05, 0.1) is 0 Å². The van der Waals surface area contributed by atoms with Crippen LogP contribution in [-0.2, 0) is 10.2 Å². The number of carbonyl (C=O) groups is 1. The van der Waals surface area contributed by atoms with Gasteiger partial charge in [0.15, 0.2) is 0 Å². The normalized spacial score (nSPS) is 19.3. The summed E-state index contributed by atoms with van der Waals surface area (Å²) in [5, 5.41) is 9.56. The molecule has 1 aromatic rings. The lowest BCUT2D eigenvalue weighted by molar-refractivity contribution is -0.143. The van der Waals surface area contributed by atoms with E-state index in [1.807, 2.05) is 6.07 Å². The number of rotatable bonds is 3. The van der Waals surface area contributed by atoms with Crippen molar-refractivity contribution in [3.8, 4) is 0 Å². The fraction of sp³-hybridized carbons (Fsp3) is 0.667. The van der Waals surface area contributed by atoms with E-state index in [9.17, 15) is 9.90 Å². The molecule has 1 aromatic heterocycles. The molecule has 0 bridgehead atoms. The first-order chi connectivity index (χ1) is 8.89. The number of carboxylic acid groups (broad SMARTS) is 1. The molecule has 1 saturated heterocycles. The number of nitrogens with zero attached hydrogens (tertiary/aromatic N) is 1. The SMILES string of the molecule is CC(C)(C)c1ccc(C(C(=O)O)N2CCCCC2)s1. The third kappa shape index (κ3) is 3.37. The van der Waals surface area contributed by atoms with Gasteiger partial charge in [0.25, 0.3) is 0 Å². The summed E-state index contributed by atoms with van der Waals surface area (Å²) in [6.07, 6.45) is 3.45. The molecule has 1 aliphatic heterocycles. The summed E-state index contributed by atoms with van der Waals surface area (Å²) in [4.78, 5) is 16.0. The molecule has 0 radical (unpaired) electrons. The molecule has 1 N–H and O–H groups in total. The second kappa shape index (κ2) is 5.63. The Hall–Kier alpha value is -0.870. The van der Waals surface area contributed by atoms with Crippen molar-refractivity contribution in [2.24, 2.45) is 0 Å². The molecule has 1 fully saturated rings. The van der Waals surface area contributed by atoms with Crippen LogP contribution in [0.25, 0.3) is 0 Å². The summed E-state index contributed by atoms with van der Waals surface area (Å²) < 4.78 is 0. The zero-order chi connectivity index (χ0) is 14.0. The van der Waals surface area contributed by atoms with Gasteiger partial charge in [-0.05, 0) is 43.5 Å². The zero-order valence-electron chi connectivity index (χ0n) is 12.0. The van der Waals surface area contributed by atoms with Crippen LogP contribution in [0, 0.1) is 0 Å². The van der Waals surface area contributed by atoms with Gasteiger partial charge < -0.3 is 5.11 Å². The van der Waals surface area contributed by atoms with Crippen LogP contribution in [0.1, 0.15) is 55.8 Å². The average Bonchev–Trinajstić information content (AvgIpc) is 2.79. The van der Waals surface area contributed by atoms with Crippen molar-refractivity contribution in [1.82, 2.24) is 4.90 Å². The Balaban J connectivity index is 2.24. The number of thiophene rings is 1. The summed E-state index contributed by atoms with van der Waals surface area (Å²) in [6.45, 7) is 8.30. The predicted octanol–water partition coefficient (Wildman–Crippen LogP) is 3.66. The molecule has 4 heteroatoms. The standard InChI is InChI=1S/C15H23NO2S/c1-15(2,3)12-8-7-11(19-12)13(14(17)18)16-9-5-4-6-10-16/h7-8,13H,4-6,9-10H2,1-3H3,(H,17,18). The fourth-order valence-corrected chi connectivity index (χ4v) is 3.73. The van der Waals surface area contributed by atoms with Gasteiger partial charge in [0.2, 0.25) is 0 Å². The summed E-state index contributed by atoms with van der Waals surface area (Å²) in [6, 6.07) is 3.62. The topological polar surface area (TPSA) is 40.5 Å². The smallest absolute Gasteiger partial charge is 0.326 e. The summed E-state index contributed by atoms with van der Waals surface area (Å²) in [5.74, 6) is -0.718. The van der Waals surface area contributed by atoms with Gasteiger partial charge in [-0.3, -0.25) is 9.69 Å². The molecular weight excluding hydrogens is 258 g/mol. The number of piperidine rings is 1. The van der Waals surface area contributed by atoms with Gasteiger partial charge in [-0.15, -0.1) is 11.3 Å². The summed E-state index contributed by atoms with van der Waals surface area (Å²) in [7, 11) is 0. The molecule has 1 unspecified atom stereocenters. The Morgan fingerprint density at radius 1 is 1.26 bits per heavy atom.